The molecule has 1 aromatic carbocycles. The first-order valence-corrected chi connectivity index (χ1v) is 7.19. The zero-order chi connectivity index (χ0) is 14.0. The molecule has 1 aromatic rings. The Morgan fingerprint density at radius 1 is 1.21 bits per heavy atom. The topological polar surface area (TPSA) is 52.5 Å². The van der Waals surface area contributed by atoms with Crippen LogP contribution in [0.3, 0.4) is 0 Å². The molecule has 0 radical (unpaired) electrons. The molecule has 0 amide bonds. The van der Waals surface area contributed by atoms with Gasteiger partial charge in [-0.1, -0.05) is 32.8 Å². The molecular formula is C16H25NO2. The third-order valence-electron chi connectivity index (χ3n) is 4.45. The van der Waals surface area contributed by atoms with Crippen molar-refractivity contribution in [1.29, 1.82) is 0 Å². The van der Waals surface area contributed by atoms with Crippen LogP contribution in [0.25, 0.3) is 0 Å². The van der Waals surface area contributed by atoms with Crippen molar-refractivity contribution >= 4 is 0 Å². The molecule has 106 valence electrons. The molecule has 3 N–H and O–H groups in total. The molecule has 2 rings (SSSR count). The van der Waals surface area contributed by atoms with Gasteiger partial charge in [0.1, 0.15) is 11.5 Å². The summed E-state index contributed by atoms with van der Waals surface area (Å²) in [5, 5.41) is 23.4. The molecular weight excluding hydrogens is 238 g/mol. The number of phenolic OH excluding ortho intramolecular Hbond substituents is 2. The van der Waals surface area contributed by atoms with Crippen LogP contribution in [-0.4, -0.2) is 16.3 Å². The second-order valence-electron chi connectivity index (χ2n) is 6.39. The second-order valence-corrected chi connectivity index (χ2v) is 6.39. The zero-order valence-electron chi connectivity index (χ0n) is 12.1. The lowest BCUT2D eigenvalue weighted by Gasteiger charge is -2.41. The van der Waals surface area contributed by atoms with Crippen LogP contribution in [-0.2, 0) is 0 Å². The van der Waals surface area contributed by atoms with Crippen molar-refractivity contribution in [2.45, 2.75) is 58.5 Å². The van der Waals surface area contributed by atoms with Crippen LogP contribution < -0.4 is 5.32 Å². The summed E-state index contributed by atoms with van der Waals surface area (Å²) in [5.74, 6) is 0.322. The predicted molar refractivity (Wildman–Crippen MR) is 77.4 cm³/mol. The Balaban J connectivity index is 2.14. The maximum Gasteiger partial charge on any atom is 0.124 e. The van der Waals surface area contributed by atoms with E-state index in [0.717, 1.165) is 6.42 Å². The minimum Gasteiger partial charge on any atom is -0.507 e. The highest BCUT2D eigenvalue weighted by atomic mass is 16.3. The van der Waals surface area contributed by atoms with Crippen molar-refractivity contribution < 1.29 is 10.2 Å². The smallest absolute Gasteiger partial charge is 0.124 e. The zero-order valence-corrected chi connectivity index (χ0v) is 12.1. The maximum atomic E-state index is 9.92. The molecule has 19 heavy (non-hydrogen) atoms. The first kappa shape index (κ1) is 14.2. The fourth-order valence-corrected chi connectivity index (χ4v) is 3.17. The lowest BCUT2D eigenvalue weighted by Crippen LogP contribution is -2.45. The van der Waals surface area contributed by atoms with Crippen molar-refractivity contribution in [3.05, 3.63) is 23.8 Å². The van der Waals surface area contributed by atoms with E-state index in [1.165, 1.54) is 19.3 Å². The number of phenols is 2. The van der Waals surface area contributed by atoms with Crippen LogP contribution >= 0.6 is 0 Å². The highest BCUT2D eigenvalue weighted by Crippen LogP contribution is 2.38. The SMILES string of the molecule is CC(NC1CCCCC1(C)C)c1c(O)cccc1O. The number of rotatable bonds is 3. The molecule has 0 aliphatic heterocycles. The molecule has 0 bridgehead atoms. The number of hydrogen-bond acceptors (Lipinski definition) is 3. The van der Waals surface area contributed by atoms with Gasteiger partial charge in [-0.05, 0) is 37.3 Å². The molecule has 0 aromatic heterocycles. The van der Waals surface area contributed by atoms with Crippen molar-refractivity contribution in [3.8, 4) is 11.5 Å². The highest BCUT2D eigenvalue weighted by Gasteiger charge is 2.33. The van der Waals surface area contributed by atoms with Crippen LogP contribution in [0.15, 0.2) is 18.2 Å². The summed E-state index contributed by atoms with van der Waals surface area (Å²) >= 11 is 0. The largest absolute Gasteiger partial charge is 0.507 e. The standard InChI is InChI=1S/C16H25NO2/c1-11(15-12(18)7-6-8-13(15)19)17-14-9-4-5-10-16(14,2)3/h6-8,11,14,17-19H,4-5,9-10H2,1-3H3. The average molecular weight is 263 g/mol. The van der Waals surface area contributed by atoms with Crippen LogP contribution in [0.2, 0.25) is 0 Å². The van der Waals surface area contributed by atoms with Crippen molar-refractivity contribution in [2.75, 3.05) is 0 Å². The van der Waals surface area contributed by atoms with Gasteiger partial charge in [-0.15, -0.1) is 0 Å². The van der Waals surface area contributed by atoms with E-state index in [2.05, 4.69) is 19.2 Å². The van der Waals surface area contributed by atoms with Gasteiger partial charge in [0.2, 0.25) is 0 Å². The molecule has 0 saturated heterocycles. The van der Waals surface area contributed by atoms with Gasteiger partial charge >= 0.3 is 0 Å². The quantitative estimate of drug-likeness (QED) is 0.779. The lowest BCUT2D eigenvalue weighted by atomic mass is 9.73. The fraction of sp³-hybridized carbons (Fsp3) is 0.625. The molecule has 1 saturated carbocycles. The van der Waals surface area contributed by atoms with E-state index < -0.39 is 0 Å². The third-order valence-corrected chi connectivity index (χ3v) is 4.45. The molecule has 2 unspecified atom stereocenters. The first-order chi connectivity index (χ1) is 8.92. The first-order valence-electron chi connectivity index (χ1n) is 7.19. The van der Waals surface area contributed by atoms with Gasteiger partial charge in [-0.3, -0.25) is 0 Å². The minimum absolute atomic E-state index is 0.0522. The predicted octanol–water partition coefficient (Wildman–Crippen LogP) is 3.72. The van der Waals surface area contributed by atoms with Crippen LogP contribution in [0.4, 0.5) is 0 Å². The molecule has 3 nitrogen and oxygen atoms in total. The minimum atomic E-state index is -0.0522. The Kier molecular flexibility index (Phi) is 4.04. The molecule has 1 aliphatic carbocycles. The molecule has 1 fully saturated rings. The Morgan fingerprint density at radius 3 is 2.42 bits per heavy atom. The van der Waals surface area contributed by atoms with Gasteiger partial charge in [-0.2, -0.15) is 0 Å². The molecule has 0 heterocycles. The number of hydrogen-bond donors (Lipinski definition) is 3. The Labute approximate surface area is 115 Å². The van der Waals surface area contributed by atoms with Crippen molar-refractivity contribution in [3.63, 3.8) is 0 Å². The van der Waals surface area contributed by atoms with E-state index in [0.29, 0.717) is 11.6 Å². The summed E-state index contributed by atoms with van der Waals surface area (Å²) in [7, 11) is 0. The van der Waals surface area contributed by atoms with Crippen LogP contribution in [0.1, 0.15) is 58.1 Å². The summed E-state index contributed by atoms with van der Waals surface area (Å²) < 4.78 is 0. The summed E-state index contributed by atoms with van der Waals surface area (Å²) in [6, 6.07) is 5.28. The van der Waals surface area contributed by atoms with Gasteiger partial charge in [0.25, 0.3) is 0 Å². The van der Waals surface area contributed by atoms with Crippen molar-refractivity contribution in [2.24, 2.45) is 5.41 Å². The second kappa shape index (κ2) is 5.41. The summed E-state index contributed by atoms with van der Waals surface area (Å²) in [6.07, 6.45) is 4.93. The molecule has 0 spiro atoms. The summed E-state index contributed by atoms with van der Waals surface area (Å²) in [6.45, 7) is 6.59. The molecule has 3 heteroatoms. The molecule has 1 aliphatic rings. The molecule has 2 atom stereocenters. The maximum absolute atomic E-state index is 9.92. The summed E-state index contributed by atoms with van der Waals surface area (Å²) in [5.41, 5.74) is 0.871. The van der Waals surface area contributed by atoms with Gasteiger partial charge in [0.15, 0.2) is 0 Å². The van der Waals surface area contributed by atoms with E-state index in [9.17, 15) is 10.2 Å². The Bertz CT molecular complexity index is 422. The third kappa shape index (κ3) is 3.03. The number of benzene rings is 1. The number of aromatic hydroxyl groups is 2. The van der Waals surface area contributed by atoms with E-state index in [4.69, 9.17) is 0 Å². The van der Waals surface area contributed by atoms with E-state index >= 15 is 0 Å². The van der Waals surface area contributed by atoms with Gasteiger partial charge in [-0.25, -0.2) is 0 Å². The van der Waals surface area contributed by atoms with E-state index in [1.807, 2.05) is 6.92 Å². The van der Waals surface area contributed by atoms with Gasteiger partial charge in [0.05, 0.1) is 5.56 Å². The average Bonchev–Trinajstić information content (AvgIpc) is 2.31. The highest BCUT2D eigenvalue weighted by molar-refractivity contribution is 5.45. The fourth-order valence-electron chi connectivity index (χ4n) is 3.17. The number of nitrogens with one attached hydrogen (secondary N) is 1. The Hall–Kier alpha value is -1.22. The van der Waals surface area contributed by atoms with Crippen LogP contribution in [0.5, 0.6) is 11.5 Å². The van der Waals surface area contributed by atoms with Gasteiger partial charge in [0, 0.05) is 12.1 Å². The van der Waals surface area contributed by atoms with Gasteiger partial charge < -0.3 is 15.5 Å². The van der Waals surface area contributed by atoms with Crippen LogP contribution in [0, 0.1) is 5.41 Å². The van der Waals surface area contributed by atoms with E-state index in [-0.39, 0.29) is 23.0 Å². The van der Waals surface area contributed by atoms with E-state index in [1.54, 1.807) is 18.2 Å². The van der Waals surface area contributed by atoms with Crippen molar-refractivity contribution in [1.82, 2.24) is 5.32 Å². The normalized spacial score (nSPS) is 24.1. The lowest BCUT2D eigenvalue weighted by molar-refractivity contribution is 0.156. The Morgan fingerprint density at radius 2 is 1.84 bits per heavy atom. The summed E-state index contributed by atoms with van der Waals surface area (Å²) in [4.78, 5) is 0. The monoisotopic (exact) mass is 263 g/mol.